The second kappa shape index (κ2) is 2.20. The fourth-order valence-corrected chi connectivity index (χ4v) is 0.386. The normalized spacial score (nSPS) is 9.00. The summed E-state index contributed by atoms with van der Waals surface area (Å²) in [6.07, 6.45) is 3.48. The lowest BCUT2D eigenvalue weighted by atomic mass is 10.4. The number of nitrogens with one attached hydrogen (secondary N) is 1. The third-order valence-electron chi connectivity index (χ3n) is 0.721. The summed E-state index contributed by atoms with van der Waals surface area (Å²) < 4.78 is 0. The molecule has 4 nitrogen and oxygen atoms in total. The molecule has 0 aliphatic carbocycles. The van der Waals surface area contributed by atoms with E-state index in [4.69, 9.17) is 0 Å². The quantitative estimate of drug-likeness (QED) is 0.556. The first kappa shape index (κ1) is 4.96. The highest BCUT2D eigenvalue weighted by atomic mass is 16.1. The standard InChI is InChI=1S/C4H4N3O/c8-2-1-4-3-5-7-6-4/h3H,1H2,(H,5,6,7). The molecule has 0 aliphatic heterocycles. The van der Waals surface area contributed by atoms with Gasteiger partial charge >= 0.3 is 0 Å². The molecule has 1 rings (SSSR count). The zero-order chi connectivity index (χ0) is 5.82. The highest BCUT2D eigenvalue weighted by Crippen LogP contribution is 1.84. The van der Waals surface area contributed by atoms with Gasteiger partial charge in [0, 0.05) is 6.20 Å². The summed E-state index contributed by atoms with van der Waals surface area (Å²) in [7, 11) is 0. The first-order valence-corrected chi connectivity index (χ1v) is 2.14. The van der Waals surface area contributed by atoms with Crippen LogP contribution in [0.3, 0.4) is 0 Å². The van der Waals surface area contributed by atoms with Crippen molar-refractivity contribution in [3.8, 4) is 0 Å². The maximum absolute atomic E-state index is 9.67. The molecular weight excluding hydrogens is 106 g/mol. The molecule has 0 saturated carbocycles. The number of rotatable bonds is 2. The molecule has 1 aromatic heterocycles. The number of aromatic amines is 1. The minimum absolute atomic E-state index is 0.219. The van der Waals surface area contributed by atoms with Crippen molar-refractivity contribution < 1.29 is 4.79 Å². The topological polar surface area (TPSA) is 58.6 Å². The second-order valence-corrected chi connectivity index (χ2v) is 1.29. The van der Waals surface area contributed by atoms with Crippen LogP contribution in [0.1, 0.15) is 5.69 Å². The third kappa shape index (κ3) is 0.900. The molecule has 4 heteroatoms. The minimum Gasteiger partial charge on any atom is -0.290 e. The Hall–Kier alpha value is -1.19. The molecule has 1 N–H and O–H groups in total. The van der Waals surface area contributed by atoms with Crippen LogP contribution in [0.25, 0.3) is 0 Å². The van der Waals surface area contributed by atoms with E-state index in [-0.39, 0.29) is 6.42 Å². The van der Waals surface area contributed by atoms with Gasteiger partial charge in [0.1, 0.15) is 0 Å². The van der Waals surface area contributed by atoms with E-state index in [2.05, 4.69) is 15.4 Å². The number of nitrogens with zero attached hydrogens (tertiary/aromatic N) is 2. The van der Waals surface area contributed by atoms with Crippen LogP contribution in [-0.4, -0.2) is 21.7 Å². The molecule has 1 radical (unpaired) electrons. The largest absolute Gasteiger partial charge is 0.290 e. The van der Waals surface area contributed by atoms with E-state index in [1.54, 1.807) is 12.5 Å². The van der Waals surface area contributed by atoms with Gasteiger partial charge in [0.2, 0.25) is 6.29 Å². The number of carbonyl (C=O) groups excluding carboxylic acids is 1. The van der Waals surface area contributed by atoms with Gasteiger partial charge in [-0.25, -0.2) is 0 Å². The van der Waals surface area contributed by atoms with Crippen molar-refractivity contribution in [2.24, 2.45) is 0 Å². The molecule has 0 spiro atoms. The molecule has 8 heavy (non-hydrogen) atoms. The monoisotopic (exact) mass is 110 g/mol. The van der Waals surface area contributed by atoms with Crippen LogP contribution in [-0.2, 0) is 11.2 Å². The average molecular weight is 110 g/mol. The number of hydrogen-bond acceptors (Lipinski definition) is 3. The van der Waals surface area contributed by atoms with Crippen LogP contribution < -0.4 is 0 Å². The Morgan fingerprint density at radius 2 is 2.75 bits per heavy atom. The predicted molar refractivity (Wildman–Crippen MR) is 25.8 cm³/mol. The Morgan fingerprint density at radius 1 is 1.88 bits per heavy atom. The number of aromatic nitrogens is 3. The Morgan fingerprint density at radius 3 is 3.25 bits per heavy atom. The fourth-order valence-electron chi connectivity index (χ4n) is 0.386. The van der Waals surface area contributed by atoms with E-state index in [1.165, 1.54) is 0 Å². The molecule has 0 fully saturated rings. The van der Waals surface area contributed by atoms with Gasteiger partial charge in [0.25, 0.3) is 0 Å². The average Bonchev–Trinajstić information content (AvgIpc) is 2.19. The third-order valence-corrected chi connectivity index (χ3v) is 0.721. The molecule has 0 bridgehead atoms. The van der Waals surface area contributed by atoms with Crippen molar-refractivity contribution in [1.82, 2.24) is 15.4 Å². The summed E-state index contributed by atoms with van der Waals surface area (Å²) in [5, 5.41) is 9.40. The first-order valence-electron chi connectivity index (χ1n) is 2.14. The smallest absolute Gasteiger partial charge is 0.204 e. The highest BCUT2D eigenvalue weighted by Gasteiger charge is 1.90. The highest BCUT2D eigenvalue weighted by molar-refractivity contribution is 5.53. The Balaban J connectivity index is 2.62. The van der Waals surface area contributed by atoms with Crippen LogP contribution in [0.4, 0.5) is 0 Å². The van der Waals surface area contributed by atoms with E-state index in [0.29, 0.717) is 5.69 Å². The van der Waals surface area contributed by atoms with Crippen molar-refractivity contribution >= 4 is 6.29 Å². The lowest BCUT2D eigenvalue weighted by Crippen LogP contribution is -1.83. The molecule has 0 amide bonds. The van der Waals surface area contributed by atoms with Gasteiger partial charge in [0.05, 0.1) is 12.1 Å². The molecular formula is C4H4N3O. The Labute approximate surface area is 45.9 Å². The summed E-state index contributed by atoms with van der Waals surface area (Å²) in [4.78, 5) is 9.67. The van der Waals surface area contributed by atoms with Gasteiger partial charge in [-0.2, -0.15) is 0 Å². The van der Waals surface area contributed by atoms with E-state index in [9.17, 15) is 4.79 Å². The summed E-state index contributed by atoms with van der Waals surface area (Å²) >= 11 is 0. The molecule has 0 saturated heterocycles. The zero-order valence-electron chi connectivity index (χ0n) is 4.09. The van der Waals surface area contributed by atoms with Crippen LogP contribution in [0.5, 0.6) is 0 Å². The summed E-state index contributed by atoms with van der Waals surface area (Å²) in [6, 6.07) is 0. The van der Waals surface area contributed by atoms with E-state index in [1.807, 2.05) is 0 Å². The maximum atomic E-state index is 9.67. The first-order chi connectivity index (χ1) is 3.93. The van der Waals surface area contributed by atoms with Gasteiger partial charge in [-0.15, -0.1) is 5.10 Å². The second-order valence-electron chi connectivity index (χ2n) is 1.29. The van der Waals surface area contributed by atoms with E-state index in [0.717, 1.165) is 0 Å². The van der Waals surface area contributed by atoms with Crippen molar-refractivity contribution in [2.45, 2.75) is 6.42 Å². The maximum Gasteiger partial charge on any atom is 0.204 e. The zero-order valence-corrected chi connectivity index (χ0v) is 4.09. The number of H-pyrrole nitrogens is 1. The van der Waals surface area contributed by atoms with Gasteiger partial charge in [0.15, 0.2) is 0 Å². The van der Waals surface area contributed by atoms with Crippen LogP contribution in [0.15, 0.2) is 6.20 Å². The van der Waals surface area contributed by atoms with Crippen LogP contribution in [0.2, 0.25) is 0 Å². The molecule has 41 valence electrons. The van der Waals surface area contributed by atoms with Crippen molar-refractivity contribution in [1.29, 1.82) is 0 Å². The van der Waals surface area contributed by atoms with Crippen LogP contribution >= 0.6 is 0 Å². The molecule has 1 aromatic rings. The molecule has 0 aliphatic rings. The fraction of sp³-hybridized carbons (Fsp3) is 0.250. The Bertz CT molecular complexity index is 158. The summed E-state index contributed by atoms with van der Waals surface area (Å²) in [6.45, 7) is 0. The van der Waals surface area contributed by atoms with Gasteiger partial charge in [-0.3, -0.25) is 9.89 Å². The van der Waals surface area contributed by atoms with Gasteiger partial charge in [-0.05, 0) is 0 Å². The van der Waals surface area contributed by atoms with E-state index < -0.39 is 0 Å². The van der Waals surface area contributed by atoms with Gasteiger partial charge in [-0.1, -0.05) is 5.21 Å². The predicted octanol–water partition coefficient (Wildman–Crippen LogP) is -0.543. The SMILES string of the molecule is O=[C]Cc1c[nH]nn1. The lowest BCUT2D eigenvalue weighted by Gasteiger charge is -1.73. The Kier molecular flexibility index (Phi) is 1.37. The minimum atomic E-state index is 0.219. The molecule has 1 heterocycles. The molecule has 0 aromatic carbocycles. The van der Waals surface area contributed by atoms with Crippen molar-refractivity contribution in [2.75, 3.05) is 0 Å². The molecule has 0 unspecified atom stereocenters. The molecule has 0 atom stereocenters. The van der Waals surface area contributed by atoms with Crippen molar-refractivity contribution in [3.05, 3.63) is 11.9 Å². The van der Waals surface area contributed by atoms with E-state index >= 15 is 0 Å². The lowest BCUT2D eigenvalue weighted by molar-refractivity contribution is 0.554. The summed E-state index contributed by atoms with van der Waals surface area (Å²) in [5.74, 6) is 0. The van der Waals surface area contributed by atoms with Crippen LogP contribution in [0, 0.1) is 0 Å². The number of hydrogen-bond donors (Lipinski definition) is 1. The van der Waals surface area contributed by atoms with Crippen molar-refractivity contribution in [3.63, 3.8) is 0 Å². The summed E-state index contributed by atoms with van der Waals surface area (Å²) in [5.41, 5.74) is 0.625. The van der Waals surface area contributed by atoms with Gasteiger partial charge < -0.3 is 0 Å².